The van der Waals surface area contributed by atoms with Gasteiger partial charge in [-0.25, -0.2) is 0 Å². The molecule has 1 amide bonds. The average molecular weight is 700 g/mol. The number of nitrogens with zero attached hydrogens (tertiary/aromatic N) is 7. The SMILES string of the molecule is C=C(C)Cc1c(C)ccc(C)c1-c1nc(OC[C@@H]2CCCN2C)nc(N2CCC3(CN(C(=O)/C=C/CN4CCC4)C3)C2)c1C#N.CC.CC.CC. The Bertz CT molecular complexity index is 1530. The van der Waals surface area contributed by atoms with Crippen molar-refractivity contribution < 1.29 is 9.53 Å². The fourth-order valence-corrected chi connectivity index (χ4v) is 7.36. The number of allylic oxidation sites excluding steroid dienone is 1. The molecule has 5 heterocycles. The molecule has 0 radical (unpaired) electrons. The van der Waals surface area contributed by atoms with Gasteiger partial charge in [0.25, 0.3) is 0 Å². The van der Waals surface area contributed by atoms with Crippen molar-refractivity contribution in [3.8, 4) is 23.3 Å². The zero-order chi connectivity index (χ0) is 37.7. The van der Waals surface area contributed by atoms with Gasteiger partial charge in [-0.3, -0.25) is 9.69 Å². The average Bonchev–Trinajstić information content (AvgIpc) is 3.74. The molecule has 51 heavy (non-hydrogen) atoms. The van der Waals surface area contributed by atoms with Gasteiger partial charge >= 0.3 is 6.01 Å². The molecule has 1 aromatic heterocycles. The summed E-state index contributed by atoms with van der Waals surface area (Å²) in [4.78, 5) is 31.6. The number of aryl methyl sites for hydroxylation is 2. The van der Waals surface area contributed by atoms with Crippen LogP contribution in [0.4, 0.5) is 5.82 Å². The molecule has 0 saturated carbocycles. The van der Waals surface area contributed by atoms with Crippen molar-refractivity contribution in [1.82, 2.24) is 24.7 Å². The van der Waals surface area contributed by atoms with E-state index < -0.39 is 0 Å². The van der Waals surface area contributed by atoms with E-state index in [2.05, 4.69) is 60.4 Å². The maximum atomic E-state index is 12.8. The lowest BCUT2D eigenvalue weighted by molar-refractivity contribution is -0.136. The molecule has 280 valence electrons. The van der Waals surface area contributed by atoms with Crippen LogP contribution in [-0.2, 0) is 11.2 Å². The quantitative estimate of drug-likeness (QED) is 0.185. The van der Waals surface area contributed by atoms with Crippen LogP contribution in [0.15, 0.2) is 36.4 Å². The van der Waals surface area contributed by atoms with Gasteiger partial charge in [0, 0.05) is 55.8 Å². The number of benzene rings is 1. The molecule has 4 fully saturated rings. The second kappa shape index (κ2) is 19.8. The minimum atomic E-state index is 0.0107. The fraction of sp³-hybridized carbons (Fsp3) is 0.619. The molecule has 2 aromatic rings. The molecule has 9 heteroatoms. The van der Waals surface area contributed by atoms with Crippen LogP contribution >= 0.6 is 0 Å². The number of ether oxygens (including phenoxy) is 1. The molecule has 1 atom stereocenters. The van der Waals surface area contributed by atoms with E-state index in [9.17, 15) is 10.1 Å². The highest BCUT2D eigenvalue weighted by Crippen LogP contribution is 2.43. The van der Waals surface area contributed by atoms with Gasteiger partial charge in [0.1, 0.15) is 18.2 Å². The fourth-order valence-electron chi connectivity index (χ4n) is 7.36. The highest BCUT2D eigenvalue weighted by atomic mass is 16.5. The number of carbonyl (C=O) groups excluding carboxylic acids is 1. The molecule has 6 rings (SSSR count). The molecular formula is C42H65N7O2. The standard InChI is InChI=1S/C36H47N7O2.3C2H6/c1-25(2)19-29-26(3)11-12-27(4)32(29)33-30(20-37)34(39-35(38-33)45-21-28-9-6-14-40(28)5)42-18-13-36(22-42)23-43(24-36)31(44)10-7-15-41-16-8-17-41;3*1-2/h7,10-12,28H,1,6,8-9,13-19,21-24H2,2-5H3;3*1-2H3/b10-7+;;;/t28-;;;/m0.../s1. The number of likely N-dealkylation sites (tertiary alicyclic amines) is 3. The van der Waals surface area contributed by atoms with Crippen molar-refractivity contribution in [3.05, 3.63) is 58.7 Å². The van der Waals surface area contributed by atoms with Crippen molar-refractivity contribution in [2.75, 3.05) is 70.9 Å². The Morgan fingerprint density at radius 1 is 1.02 bits per heavy atom. The summed E-state index contributed by atoms with van der Waals surface area (Å²) in [6.45, 7) is 30.1. The Labute approximate surface area is 309 Å². The van der Waals surface area contributed by atoms with E-state index in [0.717, 1.165) is 99.4 Å². The Hall–Kier alpha value is -3.74. The number of carbonyl (C=O) groups is 1. The van der Waals surface area contributed by atoms with E-state index in [0.29, 0.717) is 42.2 Å². The Balaban J connectivity index is 0.00000111. The summed E-state index contributed by atoms with van der Waals surface area (Å²) in [7, 11) is 2.13. The first-order chi connectivity index (χ1) is 24.7. The number of hydrogen-bond donors (Lipinski definition) is 0. The first-order valence-corrected chi connectivity index (χ1v) is 19.5. The largest absolute Gasteiger partial charge is 0.462 e. The highest BCUT2D eigenvalue weighted by Gasteiger charge is 2.49. The van der Waals surface area contributed by atoms with Gasteiger partial charge in [0.2, 0.25) is 5.91 Å². The van der Waals surface area contributed by atoms with Crippen LogP contribution in [0.1, 0.15) is 96.4 Å². The summed E-state index contributed by atoms with van der Waals surface area (Å²) in [6, 6.07) is 7.38. The monoisotopic (exact) mass is 700 g/mol. The van der Waals surface area contributed by atoms with Crippen molar-refractivity contribution in [2.24, 2.45) is 5.41 Å². The lowest BCUT2D eigenvalue weighted by Crippen LogP contribution is -2.59. The van der Waals surface area contributed by atoms with Gasteiger partial charge in [-0.05, 0) is 96.2 Å². The molecule has 1 spiro atoms. The predicted molar refractivity (Wildman–Crippen MR) is 211 cm³/mol. The van der Waals surface area contributed by atoms with Gasteiger partial charge in [0.15, 0.2) is 5.82 Å². The smallest absolute Gasteiger partial charge is 0.319 e. The summed E-state index contributed by atoms with van der Waals surface area (Å²) >= 11 is 0. The summed E-state index contributed by atoms with van der Waals surface area (Å²) in [5, 5.41) is 10.7. The number of aromatic nitrogens is 2. The van der Waals surface area contributed by atoms with Gasteiger partial charge in [-0.15, -0.1) is 0 Å². The minimum absolute atomic E-state index is 0.0107. The maximum absolute atomic E-state index is 12.8. The number of amides is 1. The van der Waals surface area contributed by atoms with Gasteiger partial charge in [-0.2, -0.15) is 15.2 Å². The third-order valence-electron chi connectivity index (χ3n) is 10.2. The highest BCUT2D eigenvalue weighted by molar-refractivity contribution is 5.88. The van der Waals surface area contributed by atoms with Crippen LogP contribution in [0.25, 0.3) is 11.3 Å². The van der Waals surface area contributed by atoms with E-state index in [1.807, 2.05) is 59.4 Å². The lowest BCUT2D eigenvalue weighted by Gasteiger charge is -2.47. The second-order valence-electron chi connectivity index (χ2n) is 13.9. The van der Waals surface area contributed by atoms with Crippen LogP contribution in [0.5, 0.6) is 6.01 Å². The van der Waals surface area contributed by atoms with E-state index in [1.165, 1.54) is 6.42 Å². The third-order valence-corrected chi connectivity index (χ3v) is 10.2. The van der Waals surface area contributed by atoms with Crippen LogP contribution in [-0.4, -0.2) is 103 Å². The Morgan fingerprint density at radius 2 is 1.71 bits per heavy atom. The summed E-state index contributed by atoms with van der Waals surface area (Å²) in [6.07, 6.45) is 8.89. The summed E-state index contributed by atoms with van der Waals surface area (Å²) in [5.74, 6) is 0.727. The molecular weight excluding hydrogens is 635 g/mol. The minimum Gasteiger partial charge on any atom is -0.462 e. The van der Waals surface area contributed by atoms with Crippen LogP contribution in [0.2, 0.25) is 0 Å². The van der Waals surface area contributed by atoms with Crippen molar-refractivity contribution in [2.45, 2.75) is 100 Å². The molecule has 4 aliphatic rings. The van der Waals surface area contributed by atoms with E-state index in [4.69, 9.17) is 14.7 Å². The first-order valence-electron chi connectivity index (χ1n) is 19.5. The third kappa shape index (κ3) is 9.99. The molecule has 0 aliphatic carbocycles. The van der Waals surface area contributed by atoms with Gasteiger partial charge in [0.05, 0.1) is 5.69 Å². The van der Waals surface area contributed by atoms with Gasteiger partial charge in [-0.1, -0.05) is 71.9 Å². The zero-order valence-corrected chi connectivity index (χ0v) is 33.4. The van der Waals surface area contributed by atoms with E-state index >= 15 is 0 Å². The zero-order valence-electron chi connectivity index (χ0n) is 33.4. The van der Waals surface area contributed by atoms with Crippen molar-refractivity contribution >= 4 is 11.7 Å². The first kappa shape index (κ1) is 41.7. The number of anilines is 1. The predicted octanol–water partition coefficient (Wildman–Crippen LogP) is 7.60. The molecule has 1 aromatic carbocycles. The maximum Gasteiger partial charge on any atom is 0.319 e. The van der Waals surface area contributed by atoms with Crippen molar-refractivity contribution in [3.63, 3.8) is 0 Å². The molecule has 0 bridgehead atoms. The lowest BCUT2D eigenvalue weighted by atomic mass is 9.79. The second-order valence-corrected chi connectivity index (χ2v) is 13.9. The number of likely N-dealkylation sites (N-methyl/N-ethyl adjacent to an activating group) is 1. The van der Waals surface area contributed by atoms with Crippen LogP contribution in [0, 0.1) is 30.6 Å². The topological polar surface area (TPSA) is 88.8 Å². The normalized spacial score (nSPS) is 19.1. The van der Waals surface area contributed by atoms with E-state index in [1.54, 1.807) is 6.08 Å². The number of rotatable bonds is 10. The number of hydrogen-bond acceptors (Lipinski definition) is 8. The molecule has 0 unspecified atom stereocenters. The van der Waals surface area contributed by atoms with Crippen molar-refractivity contribution in [1.29, 1.82) is 5.26 Å². The molecule has 4 saturated heterocycles. The molecule has 4 aliphatic heterocycles. The summed E-state index contributed by atoms with van der Waals surface area (Å²) < 4.78 is 6.34. The summed E-state index contributed by atoms with van der Waals surface area (Å²) in [5.41, 5.74) is 6.50. The van der Waals surface area contributed by atoms with E-state index in [-0.39, 0.29) is 11.3 Å². The number of nitriles is 1. The van der Waals surface area contributed by atoms with Crippen LogP contribution < -0.4 is 9.64 Å². The van der Waals surface area contributed by atoms with Crippen LogP contribution in [0.3, 0.4) is 0 Å². The molecule has 0 N–H and O–H groups in total. The van der Waals surface area contributed by atoms with Gasteiger partial charge < -0.3 is 19.4 Å². The Kier molecular flexibility index (Phi) is 16.1. The molecule has 9 nitrogen and oxygen atoms in total. The Morgan fingerprint density at radius 3 is 2.29 bits per heavy atom.